The van der Waals surface area contributed by atoms with Gasteiger partial charge in [0.1, 0.15) is 5.52 Å². The molecule has 2 rings (SSSR count). The molecule has 8 heteroatoms. The molecule has 0 bridgehead atoms. The molecule has 2 aromatic heterocycles. The van der Waals surface area contributed by atoms with Crippen LogP contribution >= 0.6 is 15.9 Å². The van der Waals surface area contributed by atoms with E-state index < -0.39 is 12.7 Å². The van der Waals surface area contributed by atoms with Crippen molar-refractivity contribution in [2.24, 2.45) is 0 Å². The fourth-order valence-electron chi connectivity index (χ4n) is 2.11. The zero-order valence-corrected chi connectivity index (χ0v) is 13.6. The smallest absolute Gasteiger partial charge is 0.383 e. The maximum Gasteiger partial charge on any atom is 0.401 e. The van der Waals surface area contributed by atoms with Crippen LogP contribution in [0.5, 0.6) is 0 Å². The third kappa shape index (κ3) is 5.10. The van der Waals surface area contributed by atoms with Crippen LogP contribution in [-0.4, -0.2) is 47.7 Å². The van der Waals surface area contributed by atoms with Gasteiger partial charge in [-0.05, 0) is 48.1 Å². The Labute approximate surface area is 134 Å². The Morgan fingerprint density at radius 2 is 2.09 bits per heavy atom. The highest BCUT2D eigenvalue weighted by atomic mass is 79.9. The molecule has 0 fully saturated rings. The fourth-order valence-corrected chi connectivity index (χ4v) is 2.42. The second kappa shape index (κ2) is 7.23. The van der Waals surface area contributed by atoms with Gasteiger partial charge in [0.2, 0.25) is 0 Å². The van der Waals surface area contributed by atoms with Crippen molar-refractivity contribution in [3.8, 4) is 0 Å². The maximum atomic E-state index is 12.2. The molecular weight excluding hydrogens is 361 g/mol. The summed E-state index contributed by atoms with van der Waals surface area (Å²) in [5.74, 6) is 0. The van der Waals surface area contributed by atoms with Crippen LogP contribution in [0.4, 0.5) is 18.9 Å². The number of fused-ring (bicyclic) bond motifs is 1. The highest BCUT2D eigenvalue weighted by molar-refractivity contribution is 9.10. The fraction of sp³-hybridized carbons (Fsp3) is 0.429. The Balaban J connectivity index is 1.87. The molecule has 2 heterocycles. The number of rotatable bonds is 6. The molecule has 0 saturated carbocycles. The molecule has 0 saturated heterocycles. The molecule has 0 aliphatic heterocycles. The van der Waals surface area contributed by atoms with E-state index in [1.807, 2.05) is 12.1 Å². The van der Waals surface area contributed by atoms with Gasteiger partial charge in [-0.2, -0.15) is 13.2 Å². The monoisotopic (exact) mass is 376 g/mol. The van der Waals surface area contributed by atoms with Crippen molar-refractivity contribution in [3.05, 3.63) is 29.0 Å². The largest absolute Gasteiger partial charge is 0.401 e. The van der Waals surface area contributed by atoms with E-state index in [0.29, 0.717) is 19.5 Å². The third-order valence-electron chi connectivity index (χ3n) is 3.03. The van der Waals surface area contributed by atoms with Crippen LogP contribution in [0.2, 0.25) is 0 Å². The first kappa shape index (κ1) is 17.0. The van der Waals surface area contributed by atoms with Crippen molar-refractivity contribution in [2.75, 3.05) is 32.0 Å². The number of hydrogen-bond acceptors (Lipinski definition) is 4. The van der Waals surface area contributed by atoms with Gasteiger partial charge in [0.05, 0.1) is 17.7 Å². The van der Waals surface area contributed by atoms with E-state index in [4.69, 9.17) is 0 Å². The number of pyridine rings is 2. The van der Waals surface area contributed by atoms with E-state index in [-0.39, 0.29) is 0 Å². The van der Waals surface area contributed by atoms with Crippen molar-refractivity contribution >= 4 is 32.7 Å². The first-order valence-corrected chi connectivity index (χ1v) is 7.54. The molecule has 1 N–H and O–H groups in total. The zero-order chi connectivity index (χ0) is 16.2. The van der Waals surface area contributed by atoms with Crippen LogP contribution in [0.25, 0.3) is 11.0 Å². The van der Waals surface area contributed by atoms with Gasteiger partial charge in [-0.3, -0.25) is 14.9 Å². The number of halogens is 4. The summed E-state index contributed by atoms with van der Waals surface area (Å²) < 4.78 is 37.5. The van der Waals surface area contributed by atoms with Crippen molar-refractivity contribution in [2.45, 2.75) is 12.6 Å². The zero-order valence-electron chi connectivity index (χ0n) is 12.0. The topological polar surface area (TPSA) is 41.0 Å². The Morgan fingerprint density at radius 3 is 2.82 bits per heavy atom. The standard InChI is InChI=1S/C14H16BrF3N4/c1-22(9-14(16,17)18)6-2-4-19-11-3-5-20-12-7-10(15)8-21-13(11)12/h3,5,7-8H,2,4,6,9H2,1H3,(H,19,20). The SMILES string of the molecule is CN(CCCNc1ccnc2cc(Br)cnc12)CC(F)(F)F. The Morgan fingerprint density at radius 1 is 1.32 bits per heavy atom. The van der Waals surface area contributed by atoms with Crippen LogP contribution in [-0.2, 0) is 0 Å². The van der Waals surface area contributed by atoms with E-state index in [9.17, 15) is 13.2 Å². The predicted molar refractivity (Wildman–Crippen MR) is 83.9 cm³/mol. The first-order valence-electron chi connectivity index (χ1n) is 6.74. The average molecular weight is 377 g/mol. The van der Waals surface area contributed by atoms with E-state index in [1.54, 1.807) is 12.4 Å². The van der Waals surface area contributed by atoms with Gasteiger partial charge in [0.15, 0.2) is 0 Å². The Kier molecular flexibility index (Phi) is 5.57. The molecule has 0 aliphatic rings. The molecule has 0 aromatic carbocycles. The summed E-state index contributed by atoms with van der Waals surface area (Å²) in [6, 6.07) is 3.67. The summed E-state index contributed by atoms with van der Waals surface area (Å²) in [5, 5.41) is 3.20. The lowest BCUT2D eigenvalue weighted by atomic mass is 10.2. The van der Waals surface area contributed by atoms with Crippen molar-refractivity contribution < 1.29 is 13.2 Å². The first-order chi connectivity index (χ1) is 10.3. The summed E-state index contributed by atoms with van der Waals surface area (Å²) in [4.78, 5) is 9.81. The van der Waals surface area contributed by atoms with Gasteiger partial charge >= 0.3 is 6.18 Å². The molecule has 0 unspecified atom stereocenters. The summed E-state index contributed by atoms with van der Waals surface area (Å²) in [6.45, 7) is 0.0499. The molecule has 0 aliphatic carbocycles. The average Bonchev–Trinajstić information content (AvgIpc) is 2.41. The molecule has 2 aromatic rings. The normalized spacial score (nSPS) is 12.1. The summed E-state index contributed by atoms with van der Waals surface area (Å²) in [7, 11) is 1.47. The van der Waals surface area contributed by atoms with Gasteiger partial charge in [-0.25, -0.2) is 0 Å². The molecule has 120 valence electrons. The number of hydrogen-bond donors (Lipinski definition) is 1. The van der Waals surface area contributed by atoms with Crippen LogP contribution < -0.4 is 5.32 Å². The van der Waals surface area contributed by atoms with Crippen molar-refractivity contribution in [1.29, 1.82) is 0 Å². The quantitative estimate of drug-likeness (QED) is 0.780. The number of nitrogens with one attached hydrogen (secondary N) is 1. The second-order valence-electron chi connectivity index (χ2n) is 5.01. The van der Waals surface area contributed by atoms with Crippen molar-refractivity contribution in [3.63, 3.8) is 0 Å². The highest BCUT2D eigenvalue weighted by Gasteiger charge is 2.28. The minimum atomic E-state index is -4.15. The number of aromatic nitrogens is 2. The molecular formula is C14H16BrF3N4. The van der Waals surface area contributed by atoms with Gasteiger partial charge in [0.25, 0.3) is 0 Å². The van der Waals surface area contributed by atoms with Crippen LogP contribution in [0, 0.1) is 0 Å². The lowest BCUT2D eigenvalue weighted by Gasteiger charge is -2.18. The van der Waals surface area contributed by atoms with Crippen LogP contribution in [0.15, 0.2) is 29.0 Å². The summed E-state index contributed by atoms with van der Waals surface area (Å²) in [6.07, 6.45) is -0.186. The number of anilines is 1. The third-order valence-corrected chi connectivity index (χ3v) is 3.46. The van der Waals surface area contributed by atoms with Gasteiger partial charge < -0.3 is 5.32 Å². The van der Waals surface area contributed by atoms with Gasteiger partial charge in [-0.15, -0.1) is 0 Å². The summed E-state index contributed by atoms with van der Waals surface area (Å²) >= 11 is 3.34. The Bertz CT molecular complexity index is 633. The number of alkyl halides is 3. The van der Waals surface area contributed by atoms with E-state index >= 15 is 0 Å². The van der Waals surface area contributed by atoms with E-state index in [1.165, 1.54) is 11.9 Å². The van der Waals surface area contributed by atoms with E-state index in [0.717, 1.165) is 21.2 Å². The molecule has 22 heavy (non-hydrogen) atoms. The van der Waals surface area contributed by atoms with Gasteiger partial charge in [-0.1, -0.05) is 0 Å². The van der Waals surface area contributed by atoms with E-state index in [2.05, 4.69) is 31.2 Å². The molecule has 4 nitrogen and oxygen atoms in total. The number of nitrogens with zero attached hydrogens (tertiary/aromatic N) is 3. The maximum absolute atomic E-state index is 12.2. The molecule has 0 amide bonds. The van der Waals surface area contributed by atoms with Gasteiger partial charge in [0, 0.05) is 23.4 Å². The van der Waals surface area contributed by atoms with Crippen LogP contribution in [0.3, 0.4) is 0 Å². The lowest BCUT2D eigenvalue weighted by molar-refractivity contribution is -0.142. The van der Waals surface area contributed by atoms with Crippen molar-refractivity contribution in [1.82, 2.24) is 14.9 Å². The Hall–Kier alpha value is -1.41. The molecule has 0 spiro atoms. The minimum Gasteiger partial charge on any atom is -0.383 e. The molecule has 0 radical (unpaired) electrons. The minimum absolute atomic E-state index is 0.370. The van der Waals surface area contributed by atoms with Crippen LogP contribution in [0.1, 0.15) is 6.42 Å². The lowest BCUT2D eigenvalue weighted by Crippen LogP contribution is -2.32. The predicted octanol–water partition coefficient (Wildman–Crippen LogP) is 3.69. The second-order valence-corrected chi connectivity index (χ2v) is 5.93. The summed E-state index contributed by atoms with van der Waals surface area (Å²) in [5.41, 5.74) is 2.33. The molecule has 0 atom stereocenters. The highest BCUT2D eigenvalue weighted by Crippen LogP contribution is 2.22.